The first-order chi connectivity index (χ1) is 14.2. The lowest BCUT2D eigenvalue weighted by atomic mass is 9.78. The molecule has 4 N–H and O–H groups in total. The Balaban J connectivity index is 2.12. The predicted octanol–water partition coefficient (Wildman–Crippen LogP) is 2.91. The molecule has 8 nitrogen and oxygen atoms in total. The highest BCUT2D eigenvalue weighted by atomic mass is 35.5. The largest absolute Gasteiger partial charge is 0.393 e. The molecular weight excluding hydrogens is 406 g/mol. The number of fused-ring (bicyclic) bond motifs is 1. The maximum atomic E-state index is 12.5. The van der Waals surface area contributed by atoms with Crippen molar-refractivity contribution in [2.45, 2.75) is 51.8 Å². The number of benzene rings is 1. The van der Waals surface area contributed by atoms with Crippen LogP contribution >= 0.6 is 11.6 Å². The van der Waals surface area contributed by atoms with E-state index in [1.807, 2.05) is 6.92 Å². The molecule has 0 saturated heterocycles. The van der Waals surface area contributed by atoms with Crippen molar-refractivity contribution in [1.82, 2.24) is 9.97 Å². The van der Waals surface area contributed by atoms with E-state index < -0.39 is 12.0 Å². The maximum Gasteiger partial charge on any atom is 0.248 e. The first-order valence-electron chi connectivity index (χ1n) is 9.84. The third-order valence-electron chi connectivity index (χ3n) is 5.52. The van der Waals surface area contributed by atoms with Gasteiger partial charge in [-0.1, -0.05) is 11.6 Å². The average Bonchev–Trinajstić information content (AvgIpc) is 2.68. The smallest absolute Gasteiger partial charge is 0.248 e. The number of amides is 2. The van der Waals surface area contributed by atoms with Crippen LogP contribution in [0.4, 0.5) is 11.6 Å². The molecule has 30 heavy (non-hydrogen) atoms. The van der Waals surface area contributed by atoms with Crippen LogP contribution in [0.3, 0.4) is 0 Å². The Labute approximate surface area is 180 Å². The number of anilines is 2. The Kier molecular flexibility index (Phi) is 6.58. The number of carbonyl (C=O) groups excluding carboxylic acids is 2. The second kappa shape index (κ2) is 8.97. The summed E-state index contributed by atoms with van der Waals surface area (Å²) >= 11 is 5.91. The average molecular weight is 432 g/mol. The molecule has 0 radical (unpaired) electrons. The SMILES string of the molecule is CC(=O)N1c2ccc(C(N)=O)cc2[C@H](Nc2ncc(Cl)cn2)[C@@H](CC[C@H](C)O)[C@@H]1C. The van der Waals surface area contributed by atoms with Gasteiger partial charge < -0.3 is 21.1 Å². The van der Waals surface area contributed by atoms with Crippen LogP contribution in [0.2, 0.25) is 5.02 Å². The van der Waals surface area contributed by atoms with E-state index in [9.17, 15) is 14.7 Å². The molecule has 1 aliphatic rings. The normalized spacial score (nSPS) is 21.6. The number of hydrogen-bond acceptors (Lipinski definition) is 6. The molecule has 0 fully saturated rings. The molecule has 0 unspecified atom stereocenters. The number of primary amides is 1. The van der Waals surface area contributed by atoms with Gasteiger partial charge in [0, 0.05) is 30.1 Å². The Bertz CT molecular complexity index is 935. The summed E-state index contributed by atoms with van der Waals surface area (Å²) in [6.45, 7) is 5.24. The Morgan fingerprint density at radius 3 is 2.57 bits per heavy atom. The lowest BCUT2D eigenvalue weighted by Gasteiger charge is -2.45. The number of nitrogens with one attached hydrogen (secondary N) is 1. The fourth-order valence-corrected chi connectivity index (χ4v) is 4.20. The van der Waals surface area contributed by atoms with Gasteiger partial charge in [-0.05, 0) is 50.5 Å². The molecule has 9 heteroatoms. The number of hydrogen-bond donors (Lipinski definition) is 3. The van der Waals surface area contributed by atoms with E-state index in [4.69, 9.17) is 17.3 Å². The third-order valence-corrected chi connectivity index (χ3v) is 5.72. The second-order valence-corrected chi connectivity index (χ2v) is 8.14. The number of aliphatic hydroxyl groups excluding tert-OH is 1. The number of carbonyl (C=O) groups is 2. The highest BCUT2D eigenvalue weighted by Crippen LogP contribution is 2.44. The van der Waals surface area contributed by atoms with Crippen molar-refractivity contribution in [3.63, 3.8) is 0 Å². The van der Waals surface area contributed by atoms with E-state index in [0.717, 1.165) is 5.56 Å². The topological polar surface area (TPSA) is 121 Å². The van der Waals surface area contributed by atoms with E-state index in [2.05, 4.69) is 15.3 Å². The molecule has 0 aliphatic carbocycles. The van der Waals surface area contributed by atoms with Gasteiger partial charge in [0.15, 0.2) is 0 Å². The molecule has 0 bridgehead atoms. The quantitative estimate of drug-likeness (QED) is 0.646. The van der Waals surface area contributed by atoms with E-state index in [-0.39, 0.29) is 23.9 Å². The van der Waals surface area contributed by atoms with Crippen LogP contribution in [0.1, 0.15) is 55.6 Å². The van der Waals surface area contributed by atoms with Gasteiger partial charge in [-0.25, -0.2) is 9.97 Å². The van der Waals surface area contributed by atoms with Crippen LogP contribution in [0.15, 0.2) is 30.6 Å². The van der Waals surface area contributed by atoms with Crippen LogP contribution in [0.25, 0.3) is 0 Å². The van der Waals surface area contributed by atoms with Gasteiger partial charge in [0.1, 0.15) is 0 Å². The van der Waals surface area contributed by atoms with Gasteiger partial charge in [-0.3, -0.25) is 9.59 Å². The monoisotopic (exact) mass is 431 g/mol. The zero-order valence-electron chi connectivity index (χ0n) is 17.2. The summed E-state index contributed by atoms with van der Waals surface area (Å²) in [4.78, 5) is 34.5. The van der Waals surface area contributed by atoms with Gasteiger partial charge in [0.25, 0.3) is 0 Å². The number of nitrogens with zero attached hydrogens (tertiary/aromatic N) is 3. The van der Waals surface area contributed by atoms with Gasteiger partial charge in [0.05, 0.1) is 29.6 Å². The summed E-state index contributed by atoms with van der Waals surface area (Å²) in [7, 11) is 0. The molecule has 0 spiro atoms. The Morgan fingerprint density at radius 1 is 1.33 bits per heavy atom. The highest BCUT2D eigenvalue weighted by Gasteiger charge is 2.41. The number of aliphatic hydroxyl groups is 1. The van der Waals surface area contributed by atoms with Crippen molar-refractivity contribution in [2.75, 3.05) is 10.2 Å². The predicted molar refractivity (Wildman–Crippen MR) is 115 cm³/mol. The molecule has 1 aromatic carbocycles. The molecule has 1 aromatic heterocycles. The van der Waals surface area contributed by atoms with Crippen LogP contribution < -0.4 is 16.0 Å². The van der Waals surface area contributed by atoms with Crippen LogP contribution in [-0.4, -0.2) is 39.0 Å². The zero-order chi connectivity index (χ0) is 22.0. The maximum absolute atomic E-state index is 12.5. The van der Waals surface area contributed by atoms with E-state index >= 15 is 0 Å². The van der Waals surface area contributed by atoms with Gasteiger partial charge in [-0.15, -0.1) is 0 Å². The van der Waals surface area contributed by atoms with E-state index in [0.29, 0.717) is 35.1 Å². The van der Waals surface area contributed by atoms with E-state index in [1.54, 1.807) is 30.0 Å². The molecule has 2 heterocycles. The number of halogens is 1. The fraction of sp³-hybridized carbons (Fsp3) is 0.429. The van der Waals surface area contributed by atoms with Crippen molar-refractivity contribution in [2.24, 2.45) is 11.7 Å². The molecule has 0 saturated carbocycles. The molecular formula is C21H26ClN5O3. The van der Waals surface area contributed by atoms with Crippen molar-refractivity contribution < 1.29 is 14.7 Å². The summed E-state index contributed by atoms with van der Waals surface area (Å²) in [5.41, 5.74) is 7.32. The lowest BCUT2D eigenvalue weighted by Crippen LogP contribution is -2.49. The standard InChI is InChI=1S/C21H26ClN5O3/c1-11(28)4-6-16-12(2)27(13(3)29)18-7-5-14(20(23)30)8-17(18)19(16)26-21-24-9-15(22)10-25-21/h5,7-12,16,19,28H,4,6H2,1-3H3,(H2,23,30)(H,24,25,26)/t11-,12-,16-,19+/m0/s1. The van der Waals surface area contributed by atoms with Gasteiger partial charge >= 0.3 is 0 Å². The van der Waals surface area contributed by atoms with Crippen LogP contribution in [0, 0.1) is 5.92 Å². The first kappa shape index (κ1) is 22.0. The van der Waals surface area contributed by atoms with Crippen molar-refractivity contribution in [1.29, 1.82) is 0 Å². The van der Waals surface area contributed by atoms with Crippen molar-refractivity contribution in [3.05, 3.63) is 46.7 Å². The Hall–Kier alpha value is -2.71. The summed E-state index contributed by atoms with van der Waals surface area (Å²) in [5, 5.41) is 13.6. The third kappa shape index (κ3) is 4.55. The van der Waals surface area contributed by atoms with Gasteiger partial charge in [-0.2, -0.15) is 0 Å². The summed E-state index contributed by atoms with van der Waals surface area (Å²) in [6.07, 6.45) is 3.72. The highest BCUT2D eigenvalue weighted by molar-refractivity contribution is 6.30. The molecule has 160 valence electrons. The minimum absolute atomic E-state index is 0.0709. The molecule has 2 amide bonds. The van der Waals surface area contributed by atoms with E-state index in [1.165, 1.54) is 19.3 Å². The zero-order valence-corrected chi connectivity index (χ0v) is 17.9. The van der Waals surface area contributed by atoms with Crippen molar-refractivity contribution >= 4 is 35.1 Å². The summed E-state index contributed by atoms with van der Waals surface area (Å²) in [5.74, 6) is -0.338. The fourth-order valence-electron chi connectivity index (χ4n) is 4.10. The minimum atomic E-state index is -0.548. The number of rotatable bonds is 6. The lowest BCUT2D eigenvalue weighted by molar-refractivity contribution is -0.117. The second-order valence-electron chi connectivity index (χ2n) is 7.70. The molecule has 3 rings (SSSR count). The molecule has 2 aromatic rings. The number of nitrogens with two attached hydrogens (primary N) is 1. The summed E-state index contributed by atoms with van der Waals surface area (Å²) in [6, 6.07) is 4.62. The Morgan fingerprint density at radius 2 is 2.00 bits per heavy atom. The number of aromatic nitrogens is 2. The van der Waals surface area contributed by atoms with Crippen molar-refractivity contribution in [3.8, 4) is 0 Å². The molecule has 1 aliphatic heterocycles. The minimum Gasteiger partial charge on any atom is -0.393 e. The summed E-state index contributed by atoms with van der Waals surface area (Å²) < 4.78 is 0. The van der Waals surface area contributed by atoms with Crippen LogP contribution in [-0.2, 0) is 4.79 Å². The molecule has 4 atom stereocenters. The van der Waals surface area contributed by atoms with Crippen LogP contribution in [0.5, 0.6) is 0 Å². The first-order valence-corrected chi connectivity index (χ1v) is 10.2. The van der Waals surface area contributed by atoms with Gasteiger partial charge in [0.2, 0.25) is 17.8 Å².